The van der Waals surface area contributed by atoms with Gasteiger partial charge >= 0.3 is 0 Å². The van der Waals surface area contributed by atoms with Crippen LogP contribution in [0.1, 0.15) is 5.69 Å². The van der Waals surface area contributed by atoms with E-state index in [2.05, 4.69) is 15.6 Å². The van der Waals surface area contributed by atoms with Crippen LogP contribution in [0.25, 0.3) is 0 Å². The SMILES string of the molecule is COc1ccc(Cl)cc1NC(=O)Cn1cc(CN)nn1. The Hall–Kier alpha value is -2.12. The molecule has 20 heavy (non-hydrogen) atoms. The Bertz CT molecular complexity index is 614. The van der Waals surface area contributed by atoms with Crippen molar-refractivity contribution in [3.8, 4) is 5.75 Å². The number of benzene rings is 1. The Balaban J connectivity index is 2.06. The van der Waals surface area contributed by atoms with Gasteiger partial charge < -0.3 is 15.8 Å². The molecule has 2 aromatic rings. The lowest BCUT2D eigenvalue weighted by molar-refractivity contribution is -0.116. The maximum atomic E-state index is 11.9. The third kappa shape index (κ3) is 3.46. The average molecular weight is 296 g/mol. The summed E-state index contributed by atoms with van der Waals surface area (Å²) in [5, 5.41) is 10.8. The molecule has 0 aliphatic carbocycles. The normalized spacial score (nSPS) is 10.3. The molecule has 0 bridgehead atoms. The molecule has 2 rings (SSSR count). The summed E-state index contributed by atoms with van der Waals surface area (Å²) in [5.74, 6) is 0.267. The quantitative estimate of drug-likeness (QED) is 0.859. The molecule has 0 aliphatic heterocycles. The molecule has 0 saturated carbocycles. The summed E-state index contributed by atoms with van der Waals surface area (Å²) in [5.41, 5.74) is 6.55. The molecule has 0 atom stereocenters. The Morgan fingerprint density at radius 2 is 2.35 bits per heavy atom. The van der Waals surface area contributed by atoms with E-state index in [4.69, 9.17) is 22.1 Å². The molecule has 1 aromatic carbocycles. The lowest BCUT2D eigenvalue weighted by atomic mass is 10.3. The number of aromatic nitrogens is 3. The second-order valence-electron chi connectivity index (χ2n) is 4.00. The zero-order chi connectivity index (χ0) is 14.5. The predicted octanol–water partition coefficient (Wildman–Crippen LogP) is 1.04. The van der Waals surface area contributed by atoms with E-state index in [9.17, 15) is 4.79 Å². The number of amides is 1. The zero-order valence-electron chi connectivity index (χ0n) is 10.8. The van der Waals surface area contributed by atoms with Gasteiger partial charge in [0.25, 0.3) is 0 Å². The number of methoxy groups -OCH3 is 1. The van der Waals surface area contributed by atoms with Crippen molar-refractivity contribution < 1.29 is 9.53 Å². The number of anilines is 1. The van der Waals surface area contributed by atoms with Gasteiger partial charge in [-0.05, 0) is 18.2 Å². The molecule has 0 aliphatic rings. The van der Waals surface area contributed by atoms with Gasteiger partial charge in [-0.2, -0.15) is 0 Å². The van der Waals surface area contributed by atoms with Crippen molar-refractivity contribution in [3.63, 3.8) is 0 Å². The maximum absolute atomic E-state index is 11.9. The summed E-state index contributed by atoms with van der Waals surface area (Å²) in [4.78, 5) is 11.9. The van der Waals surface area contributed by atoms with Crippen LogP contribution in [-0.4, -0.2) is 28.0 Å². The fraction of sp³-hybridized carbons (Fsp3) is 0.250. The first-order valence-corrected chi connectivity index (χ1v) is 6.22. The van der Waals surface area contributed by atoms with E-state index < -0.39 is 0 Å². The minimum atomic E-state index is -0.265. The Morgan fingerprint density at radius 3 is 3.00 bits per heavy atom. The smallest absolute Gasteiger partial charge is 0.246 e. The second-order valence-corrected chi connectivity index (χ2v) is 4.44. The van der Waals surface area contributed by atoms with E-state index >= 15 is 0 Å². The number of nitrogens with one attached hydrogen (secondary N) is 1. The maximum Gasteiger partial charge on any atom is 0.246 e. The first-order chi connectivity index (χ1) is 9.62. The van der Waals surface area contributed by atoms with Crippen LogP contribution in [0.15, 0.2) is 24.4 Å². The number of halogens is 1. The van der Waals surface area contributed by atoms with Crippen molar-refractivity contribution in [1.82, 2.24) is 15.0 Å². The topological polar surface area (TPSA) is 95.1 Å². The molecule has 0 saturated heterocycles. The first-order valence-electron chi connectivity index (χ1n) is 5.85. The van der Waals surface area contributed by atoms with Gasteiger partial charge in [0.1, 0.15) is 12.3 Å². The number of ether oxygens (including phenoxy) is 1. The largest absolute Gasteiger partial charge is 0.495 e. The lowest BCUT2D eigenvalue weighted by Crippen LogP contribution is -2.19. The highest BCUT2D eigenvalue weighted by molar-refractivity contribution is 6.31. The van der Waals surface area contributed by atoms with Crippen molar-refractivity contribution in [2.75, 3.05) is 12.4 Å². The summed E-state index contributed by atoms with van der Waals surface area (Å²) in [6, 6.07) is 4.98. The number of hydrogen-bond acceptors (Lipinski definition) is 5. The van der Waals surface area contributed by atoms with E-state index in [1.54, 1.807) is 24.4 Å². The van der Waals surface area contributed by atoms with E-state index in [-0.39, 0.29) is 19.0 Å². The number of hydrogen-bond donors (Lipinski definition) is 2. The molecule has 0 fully saturated rings. The Morgan fingerprint density at radius 1 is 1.55 bits per heavy atom. The number of nitrogens with zero attached hydrogens (tertiary/aromatic N) is 3. The molecule has 1 aromatic heterocycles. The van der Waals surface area contributed by atoms with Gasteiger partial charge in [-0.3, -0.25) is 4.79 Å². The number of rotatable bonds is 5. The first kappa shape index (κ1) is 14.3. The van der Waals surface area contributed by atoms with Crippen molar-refractivity contribution >= 4 is 23.2 Å². The summed E-state index contributed by atoms with van der Waals surface area (Å²) < 4.78 is 6.56. The summed E-state index contributed by atoms with van der Waals surface area (Å²) in [6.45, 7) is 0.312. The zero-order valence-corrected chi connectivity index (χ0v) is 11.6. The van der Waals surface area contributed by atoms with Gasteiger partial charge in [0, 0.05) is 11.6 Å². The van der Waals surface area contributed by atoms with Crippen LogP contribution in [0.2, 0.25) is 5.02 Å². The van der Waals surface area contributed by atoms with Crippen LogP contribution >= 0.6 is 11.6 Å². The lowest BCUT2D eigenvalue weighted by Gasteiger charge is -2.10. The summed E-state index contributed by atoms with van der Waals surface area (Å²) in [7, 11) is 1.52. The standard InChI is InChI=1S/C12H14ClN5O2/c1-20-11-3-2-8(13)4-10(11)15-12(19)7-18-6-9(5-14)16-17-18/h2-4,6H,5,7,14H2,1H3,(H,15,19). The second kappa shape index (κ2) is 6.36. The van der Waals surface area contributed by atoms with Gasteiger partial charge in [0.15, 0.2) is 0 Å². The molecule has 0 spiro atoms. The van der Waals surface area contributed by atoms with Gasteiger partial charge in [0.05, 0.1) is 24.7 Å². The molecule has 1 heterocycles. The Labute approximate surface area is 120 Å². The minimum Gasteiger partial charge on any atom is -0.495 e. The van der Waals surface area contributed by atoms with Gasteiger partial charge in [-0.15, -0.1) is 5.10 Å². The van der Waals surface area contributed by atoms with Crippen LogP contribution in [0.5, 0.6) is 5.75 Å². The monoisotopic (exact) mass is 295 g/mol. The molecule has 8 heteroatoms. The third-order valence-corrected chi connectivity index (χ3v) is 2.77. The van der Waals surface area contributed by atoms with Gasteiger partial charge in [-0.1, -0.05) is 16.8 Å². The van der Waals surface area contributed by atoms with Crippen molar-refractivity contribution in [3.05, 3.63) is 35.1 Å². The third-order valence-electron chi connectivity index (χ3n) is 2.54. The number of nitrogens with two attached hydrogens (primary N) is 1. The van der Waals surface area contributed by atoms with Crippen LogP contribution in [0.3, 0.4) is 0 Å². The fourth-order valence-electron chi connectivity index (χ4n) is 1.62. The van der Waals surface area contributed by atoms with Gasteiger partial charge in [0.2, 0.25) is 5.91 Å². The highest BCUT2D eigenvalue weighted by Gasteiger charge is 2.10. The molecule has 106 valence electrons. The molecule has 3 N–H and O–H groups in total. The van der Waals surface area contributed by atoms with E-state index in [0.717, 1.165) is 0 Å². The Kier molecular flexibility index (Phi) is 4.54. The fourth-order valence-corrected chi connectivity index (χ4v) is 1.80. The molecule has 1 amide bonds. The van der Waals surface area contributed by atoms with E-state index in [1.165, 1.54) is 11.8 Å². The van der Waals surface area contributed by atoms with Crippen molar-refractivity contribution in [2.45, 2.75) is 13.1 Å². The summed E-state index contributed by atoms with van der Waals surface area (Å²) in [6.07, 6.45) is 1.62. The van der Waals surface area contributed by atoms with Gasteiger partial charge in [-0.25, -0.2) is 4.68 Å². The number of carbonyl (C=O) groups is 1. The number of carbonyl (C=O) groups excluding carboxylic acids is 1. The predicted molar refractivity (Wildman–Crippen MR) is 74.5 cm³/mol. The molecule has 7 nitrogen and oxygen atoms in total. The van der Waals surface area contributed by atoms with Crippen LogP contribution in [0, 0.1) is 0 Å². The minimum absolute atomic E-state index is 0.0304. The summed E-state index contributed by atoms with van der Waals surface area (Å²) >= 11 is 5.89. The van der Waals surface area contributed by atoms with Crippen LogP contribution in [0.4, 0.5) is 5.69 Å². The molecule has 0 radical (unpaired) electrons. The molecule has 0 unspecified atom stereocenters. The molecular weight excluding hydrogens is 282 g/mol. The van der Waals surface area contributed by atoms with E-state index in [0.29, 0.717) is 22.2 Å². The van der Waals surface area contributed by atoms with E-state index in [1.807, 2.05) is 0 Å². The average Bonchev–Trinajstić information content (AvgIpc) is 2.86. The molecular formula is C12H14ClN5O2. The van der Waals surface area contributed by atoms with Crippen molar-refractivity contribution in [2.24, 2.45) is 5.73 Å². The highest BCUT2D eigenvalue weighted by Crippen LogP contribution is 2.27. The van der Waals surface area contributed by atoms with Crippen LogP contribution < -0.4 is 15.8 Å². The van der Waals surface area contributed by atoms with Crippen molar-refractivity contribution in [1.29, 1.82) is 0 Å². The van der Waals surface area contributed by atoms with Crippen LogP contribution in [-0.2, 0) is 17.9 Å². The highest BCUT2D eigenvalue weighted by atomic mass is 35.5.